The molecular formula is C38H76O2. The van der Waals surface area contributed by atoms with Gasteiger partial charge in [-0.25, -0.2) is 0 Å². The van der Waals surface area contributed by atoms with Crippen molar-refractivity contribution in [3.63, 3.8) is 0 Å². The van der Waals surface area contributed by atoms with E-state index >= 15 is 0 Å². The van der Waals surface area contributed by atoms with Crippen molar-refractivity contribution in [3.8, 4) is 0 Å². The second-order valence-electron chi connectivity index (χ2n) is 13.6. The Bertz CT molecular complexity index is 530. The third kappa shape index (κ3) is 21.2. The SMILES string of the molecule is CCCCCCCCCCC(CCCCCCCC)CC(CCCC)(CC(CCCC)CCCCCC)C(=O)O. The summed E-state index contributed by atoms with van der Waals surface area (Å²) in [7, 11) is 0. The van der Waals surface area contributed by atoms with Crippen molar-refractivity contribution >= 4 is 5.97 Å². The van der Waals surface area contributed by atoms with Gasteiger partial charge in [0.15, 0.2) is 0 Å². The first-order chi connectivity index (χ1) is 19.5. The van der Waals surface area contributed by atoms with Gasteiger partial charge in [0.1, 0.15) is 0 Å². The Hall–Kier alpha value is -0.530. The lowest BCUT2D eigenvalue weighted by molar-refractivity contribution is -0.152. The van der Waals surface area contributed by atoms with Gasteiger partial charge in [0.2, 0.25) is 0 Å². The third-order valence-electron chi connectivity index (χ3n) is 9.69. The zero-order chi connectivity index (χ0) is 29.7. The molecule has 0 radical (unpaired) electrons. The Morgan fingerprint density at radius 1 is 0.450 bits per heavy atom. The molecule has 0 saturated heterocycles. The van der Waals surface area contributed by atoms with Crippen LogP contribution in [0.4, 0.5) is 0 Å². The quantitative estimate of drug-likeness (QED) is 0.0825. The molecule has 40 heavy (non-hydrogen) atoms. The van der Waals surface area contributed by atoms with Crippen LogP contribution in [0.5, 0.6) is 0 Å². The molecule has 0 amide bonds. The van der Waals surface area contributed by atoms with Gasteiger partial charge in [0.25, 0.3) is 0 Å². The lowest BCUT2D eigenvalue weighted by atomic mass is 9.67. The van der Waals surface area contributed by atoms with Gasteiger partial charge in [-0.2, -0.15) is 0 Å². The summed E-state index contributed by atoms with van der Waals surface area (Å²) >= 11 is 0. The highest BCUT2D eigenvalue weighted by Gasteiger charge is 2.41. The van der Waals surface area contributed by atoms with Crippen LogP contribution < -0.4 is 0 Å². The zero-order valence-corrected chi connectivity index (χ0v) is 28.5. The monoisotopic (exact) mass is 565 g/mol. The number of carbonyl (C=O) groups is 1. The molecule has 0 aromatic carbocycles. The Kier molecular flexibility index (Phi) is 28.2. The smallest absolute Gasteiger partial charge is 0.309 e. The lowest BCUT2D eigenvalue weighted by Crippen LogP contribution is -2.36. The number of hydrogen-bond acceptors (Lipinski definition) is 1. The molecule has 0 saturated carbocycles. The average Bonchev–Trinajstić information content (AvgIpc) is 2.95. The van der Waals surface area contributed by atoms with Crippen molar-refractivity contribution in [3.05, 3.63) is 0 Å². The van der Waals surface area contributed by atoms with Crippen LogP contribution in [0.3, 0.4) is 0 Å². The minimum Gasteiger partial charge on any atom is -0.481 e. The van der Waals surface area contributed by atoms with Gasteiger partial charge in [-0.3, -0.25) is 4.79 Å². The van der Waals surface area contributed by atoms with Crippen molar-refractivity contribution in [2.75, 3.05) is 0 Å². The van der Waals surface area contributed by atoms with Crippen molar-refractivity contribution < 1.29 is 9.90 Å². The second-order valence-corrected chi connectivity index (χ2v) is 13.6. The van der Waals surface area contributed by atoms with Crippen LogP contribution in [0.15, 0.2) is 0 Å². The van der Waals surface area contributed by atoms with Crippen molar-refractivity contribution in [1.82, 2.24) is 0 Å². The predicted octanol–water partition coefficient (Wildman–Crippen LogP) is 13.7. The van der Waals surface area contributed by atoms with Gasteiger partial charge in [-0.1, -0.05) is 202 Å². The molecule has 2 heteroatoms. The molecule has 0 rings (SSSR count). The number of rotatable bonds is 32. The zero-order valence-electron chi connectivity index (χ0n) is 28.5. The fraction of sp³-hybridized carbons (Fsp3) is 0.974. The van der Waals surface area contributed by atoms with Gasteiger partial charge < -0.3 is 5.11 Å². The largest absolute Gasteiger partial charge is 0.481 e. The first kappa shape index (κ1) is 39.5. The van der Waals surface area contributed by atoms with Crippen molar-refractivity contribution in [2.24, 2.45) is 17.3 Å². The third-order valence-corrected chi connectivity index (χ3v) is 9.69. The topological polar surface area (TPSA) is 37.3 Å². The van der Waals surface area contributed by atoms with Crippen LogP contribution >= 0.6 is 0 Å². The Morgan fingerprint density at radius 2 is 0.750 bits per heavy atom. The van der Waals surface area contributed by atoms with Gasteiger partial charge in [-0.05, 0) is 31.1 Å². The summed E-state index contributed by atoms with van der Waals surface area (Å²) in [6.07, 6.45) is 36.4. The number of hydrogen-bond donors (Lipinski definition) is 1. The van der Waals surface area contributed by atoms with E-state index in [1.807, 2.05) is 0 Å². The molecule has 3 atom stereocenters. The highest BCUT2D eigenvalue weighted by atomic mass is 16.4. The molecule has 240 valence electrons. The van der Waals surface area contributed by atoms with E-state index in [4.69, 9.17) is 0 Å². The summed E-state index contributed by atoms with van der Waals surface area (Å²) in [5, 5.41) is 10.9. The Labute approximate surface area is 253 Å². The molecule has 0 aliphatic carbocycles. The molecule has 0 aromatic rings. The van der Waals surface area contributed by atoms with E-state index in [1.165, 1.54) is 154 Å². The molecule has 0 spiro atoms. The normalized spacial score (nSPS) is 14.7. The number of carboxylic acids is 1. The van der Waals surface area contributed by atoms with E-state index in [0.29, 0.717) is 11.8 Å². The molecule has 0 aromatic heterocycles. The van der Waals surface area contributed by atoms with Crippen LogP contribution in [0.1, 0.15) is 221 Å². The van der Waals surface area contributed by atoms with E-state index in [0.717, 1.165) is 32.1 Å². The summed E-state index contributed by atoms with van der Waals surface area (Å²) in [6, 6.07) is 0. The average molecular weight is 565 g/mol. The van der Waals surface area contributed by atoms with Crippen molar-refractivity contribution in [2.45, 2.75) is 221 Å². The van der Waals surface area contributed by atoms with Crippen LogP contribution in [-0.4, -0.2) is 11.1 Å². The molecule has 0 fully saturated rings. The molecule has 3 unspecified atom stereocenters. The van der Waals surface area contributed by atoms with E-state index in [9.17, 15) is 9.90 Å². The van der Waals surface area contributed by atoms with Gasteiger partial charge in [0.05, 0.1) is 5.41 Å². The van der Waals surface area contributed by atoms with E-state index in [1.54, 1.807) is 0 Å². The minimum absolute atomic E-state index is 0.472. The summed E-state index contributed by atoms with van der Waals surface area (Å²) in [5.41, 5.74) is -0.508. The van der Waals surface area contributed by atoms with E-state index in [2.05, 4.69) is 34.6 Å². The molecule has 2 nitrogen and oxygen atoms in total. The number of aliphatic carboxylic acids is 1. The molecule has 0 aliphatic rings. The van der Waals surface area contributed by atoms with Gasteiger partial charge in [-0.15, -0.1) is 0 Å². The number of carboxylic acid groups (broad SMARTS) is 1. The summed E-state index contributed by atoms with van der Waals surface area (Å²) < 4.78 is 0. The lowest BCUT2D eigenvalue weighted by Gasteiger charge is -2.37. The number of unbranched alkanes of at least 4 members (excludes halogenated alkanes) is 17. The Morgan fingerprint density at radius 3 is 1.10 bits per heavy atom. The first-order valence-corrected chi connectivity index (χ1v) is 18.7. The maximum Gasteiger partial charge on any atom is 0.309 e. The Balaban J connectivity index is 5.44. The molecule has 0 heterocycles. The highest BCUT2D eigenvalue weighted by Crippen LogP contribution is 2.44. The molecular weight excluding hydrogens is 488 g/mol. The molecule has 1 N–H and O–H groups in total. The van der Waals surface area contributed by atoms with E-state index < -0.39 is 11.4 Å². The van der Waals surface area contributed by atoms with E-state index in [-0.39, 0.29) is 0 Å². The fourth-order valence-electron chi connectivity index (χ4n) is 7.02. The minimum atomic E-state index is -0.508. The maximum atomic E-state index is 13.2. The molecule has 0 bridgehead atoms. The predicted molar refractivity (Wildman–Crippen MR) is 179 cm³/mol. The summed E-state index contributed by atoms with van der Waals surface area (Å²) in [4.78, 5) is 13.2. The van der Waals surface area contributed by atoms with Crippen LogP contribution in [-0.2, 0) is 4.79 Å². The molecule has 0 aliphatic heterocycles. The maximum absolute atomic E-state index is 13.2. The van der Waals surface area contributed by atoms with Crippen LogP contribution in [0.25, 0.3) is 0 Å². The second kappa shape index (κ2) is 28.6. The highest BCUT2D eigenvalue weighted by molar-refractivity contribution is 5.74. The van der Waals surface area contributed by atoms with Crippen molar-refractivity contribution in [1.29, 1.82) is 0 Å². The fourth-order valence-corrected chi connectivity index (χ4v) is 7.02. The van der Waals surface area contributed by atoms with Gasteiger partial charge >= 0.3 is 5.97 Å². The summed E-state index contributed by atoms with van der Waals surface area (Å²) in [5.74, 6) is 0.702. The standard InChI is InChI=1S/C38H76O2/c1-6-11-16-19-21-22-24-27-31-36(30-26-23-20-17-12-7-2)34-38(37(39)40,32-15-10-5)33-35(28-14-9-4)29-25-18-13-8-3/h35-36H,6-34H2,1-5H3,(H,39,40). The van der Waals surface area contributed by atoms with Crippen LogP contribution in [0, 0.1) is 17.3 Å². The van der Waals surface area contributed by atoms with Gasteiger partial charge in [0, 0.05) is 0 Å². The first-order valence-electron chi connectivity index (χ1n) is 18.7. The summed E-state index contributed by atoms with van der Waals surface area (Å²) in [6.45, 7) is 11.4. The van der Waals surface area contributed by atoms with Crippen LogP contribution in [0.2, 0.25) is 0 Å².